The third-order valence-electron chi connectivity index (χ3n) is 2.86. The summed E-state index contributed by atoms with van der Waals surface area (Å²) in [5.41, 5.74) is 1.25. The van der Waals surface area contributed by atoms with Crippen LogP contribution in [0.5, 0.6) is 0 Å². The second kappa shape index (κ2) is 5.32. The zero-order valence-electron chi connectivity index (χ0n) is 10.00. The molecule has 0 spiro atoms. The van der Waals surface area contributed by atoms with Crippen LogP contribution in [-0.2, 0) is 6.42 Å². The van der Waals surface area contributed by atoms with Crippen molar-refractivity contribution in [1.29, 1.82) is 0 Å². The van der Waals surface area contributed by atoms with Crippen LogP contribution in [-0.4, -0.2) is 19.9 Å². The Kier molecular flexibility index (Phi) is 3.79. The van der Waals surface area contributed by atoms with Gasteiger partial charge in [-0.3, -0.25) is 4.99 Å². The number of likely N-dealkylation sites (N-methyl/N-ethyl adjacent to an activating group) is 1. The maximum atomic E-state index is 4.21. The molecule has 0 aliphatic heterocycles. The van der Waals surface area contributed by atoms with Gasteiger partial charge in [0.15, 0.2) is 0 Å². The number of hydrogen-bond donors (Lipinski definition) is 1. The Balaban J connectivity index is 2.46. The fraction of sp³-hybridized carbons (Fsp3) is 0.214. The highest BCUT2D eigenvalue weighted by Gasteiger charge is 2.06. The van der Waals surface area contributed by atoms with E-state index in [-0.39, 0.29) is 0 Å². The first-order valence-corrected chi connectivity index (χ1v) is 6.35. The number of benzene rings is 2. The molecule has 0 saturated carbocycles. The fourth-order valence-electron chi connectivity index (χ4n) is 1.87. The molecule has 2 nitrogen and oxygen atoms in total. The summed E-state index contributed by atoms with van der Waals surface area (Å²) in [6.45, 7) is 0. The van der Waals surface area contributed by atoms with Crippen molar-refractivity contribution in [3.8, 4) is 0 Å². The zero-order valence-corrected chi connectivity index (χ0v) is 11.6. The fourth-order valence-corrected chi connectivity index (χ4v) is 2.51. The molecule has 0 saturated heterocycles. The molecule has 1 N–H and O–H groups in total. The Labute approximate surface area is 110 Å². The van der Waals surface area contributed by atoms with E-state index in [1.807, 2.05) is 7.05 Å². The molecular formula is C14H15BrN2. The maximum Gasteiger partial charge on any atom is 0.100 e. The number of rotatable bonds is 2. The first kappa shape index (κ1) is 12.1. The quantitative estimate of drug-likeness (QED) is 0.665. The number of aliphatic imine (C=N–C) groups is 1. The summed E-state index contributed by atoms with van der Waals surface area (Å²) in [5, 5.41) is 5.60. The van der Waals surface area contributed by atoms with E-state index in [1.54, 1.807) is 7.05 Å². The Morgan fingerprint density at radius 2 is 2.00 bits per heavy atom. The van der Waals surface area contributed by atoms with Crippen molar-refractivity contribution in [2.45, 2.75) is 6.42 Å². The number of nitrogens with zero attached hydrogens (tertiary/aromatic N) is 1. The first-order chi connectivity index (χ1) is 8.26. The minimum absolute atomic E-state index is 0.818. The van der Waals surface area contributed by atoms with Crippen LogP contribution < -0.4 is 5.32 Å². The molecule has 0 aliphatic carbocycles. The average Bonchev–Trinajstić information content (AvgIpc) is 2.38. The second-order valence-electron chi connectivity index (χ2n) is 3.86. The molecule has 0 radical (unpaired) electrons. The standard InChI is InChI=1S/C14H15BrN2/c1-16-13(17-2)9-11-8-7-10-5-3-4-6-12(10)14(11)15/h3-8H,9H2,1-2H3,(H,16,17). The molecule has 88 valence electrons. The van der Waals surface area contributed by atoms with E-state index in [0.29, 0.717) is 0 Å². The lowest BCUT2D eigenvalue weighted by molar-refractivity contribution is 1.08. The zero-order chi connectivity index (χ0) is 12.3. The molecule has 0 unspecified atom stereocenters. The molecule has 2 aromatic carbocycles. The molecule has 2 rings (SSSR count). The lowest BCUT2D eigenvalue weighted by Crippen LogP contribution is -2.20. The lowest BCUT2D eigenvalue weighted by atomic mass is 10.0. The summed E-state index contributed by atoms with van der Waals surface area (Å²) in [6, 6.07) is 12.7. The normalized spacial score (nSPS) is 11.8. The molecule has 0 atom stereocenters. The molecule has 0 heterocycles. The van der Waals surface area contributed by atoms with Crippen LogP contribution in [0.2, 0.25) is 0 Å². The van der Waals surface area contributed by atoms with Crippen LogP contribution in [0.15, 0.2) is 45.9 Å². The SMILES string of the molecule is CN=C(Cc1ccc2ccccc2c1Br)NC. The van der Waals surface area contributed by atoms with Gasteiger partial charge in [-0.05, 0) is 32.3 Å². The molecular weight excluding hydrogens is 276 g/mol. The summed E-state index contributed by atoms with van der Waals surface area (Å²) < 4.78 is 1.16. The van der Waals surface area contributed by atoms with E-state index in [1.165, 1.54) is 16.3 Å². The largest absolute Gasteiger partial charge is 0.377 e. The monoisotopic (exact) mass is 290 g/mol. The Bertz CT molecular complexity index is 561. The molecule has 0 fully saturated rings. The summed E-state index contributed by atoms with van der Waals surface area (Å²) in [5.74, 6) is 0.987. The van der Waals surface area contributed by atoms with Crippen LogP contribution in [0.3, 0.4) is 0 Å². The topological polar surface area (TPSA) is 24.4 Å². The predicted octanol–water partition coefficient (Wildman–Crippen LogP) is 3.39. The average molecular weight is 291 g/mol. The van der Waals surface area contributed by atoms with Gasteiger partial charge in [0.05, 0.1) is 0 Å². The second-order valence-corrected chi connectivity index (χ2v) is 4.65. The van der Waals surface area contributed by atoms with Crippen molar-refractivity contribution in [1.82, 2.24) is 5.32 Å². The molecule has 2 aromatic rings. The van der Waals surface area contributed by atoms with Crippen molar-refractivity contribution in [2.24, 2.45) is 4.99 Å². The highest BCUT2D eigenvalue weighted by molar-refractivity contribution is 9.10. The Morgan fingerprint density at radius 3 is 2.71 bits per heavy atom. The number of fused-ring (bicyclic) bond motifs is 1. The van der Waals surface area contributed by atoms with Crippen molar-refractivity contribution in [3.05, 3.63) is 46.4 Å². The molecule has 0 aromatic heterocycles. The van der Waals surface area contributed by atoms with Gasteiger partial charge in [-0.15, -0.1) is 0 Å². The van der Waals surface area contributed by atoms with E-state index < -0.39 is 0 Å². The van der Waals surface area contributed by atoms with Crippen LogP contribution in [0.4, 0.5) is 0 Å². The maximum absolute atomic E-state index is 4.21. The van der Waals surface area contributed by atoms with Crippen LogP contribution in [0.1, 0.15) is 5.56 Å². The van der Waals surface area contributed by atoms with Gasteiger partial charge >= 0.3 is 0 Å². The minimum atomic E-state index is 0.818. The van der Waals surface area contributed by atoms with Crippen molar-refractivity contribution in [2.75, 3.05) is 14.1 Å². The lowest BCUT2D eigenvalue weighted by Gasteiger charge is -2.09. The molecule has 0 amide bonds. The predicted molar refractivity (Wildman–Crippen MR) is 77.8 cm³/mol. The van der Waals surface area contributed by atoms with Gasteiger partial charge in [-0.1, -0.05) is 36.4 Å². The van der Waals surface area contributed by atoms with Crippen LogP contribution in [0, 0.1) is 0 Å². The van der Waals surface area contributed by atoms with Gasteiger partial charge in [0.25, 0.3) is 0 Å². The smallest absolute Gasteiger partial charge is 0.100 e. The van der Waals surface area contributed by atoms with E-state index in [4.69, 9.17) is 0 Å². The van der Waals surface area contributed by atoms with Crippen LogP contribution >= 0.6 is 15.9 Å². The number of nitrogens with one attached hydrogen (secondary N) is 1. The highest BCUT2D eigenvalue weighted by Crippen LogP contribution is 2.27. The molecule has 17 heavy (non-hydrogen) atoms. The Hall–Kier alpha value is -1.35. The van der Waals surface area contributed by atoms with Crippen molar-refractivity contribution < 1.29 is 0 Å². The third kappa shape index (κ3) is 2.50. The number of amidine groups is 1. The van der Waals surface area contributed by atoms with Gasteiger partial charge in [0.1, 0.15) is 5.84 Å². The van der Waals surface area contributed by atoms with E-state index in [2.05, 4.69) is 62.6 Å². The number of halogens is 1. The van der Waals surface area contributed by atoms with Gasteiger partial charge in [0, 0.05) is 25.0 Å². The summed E-state index contributed by atoms with van der Waals surface area (Å²) in [6.07, 6.45) is 0.818. The molecule has 0 aliphatic rings. The van der Waals surface area contributed by atoms with Gasteiger partial charge in [0.2, 0.25) is 0 Å². The van der Waals surface area contributed by atoms with Crippen LogP contribution in [0.25, 0.3) is 10.8 Å². The minimum Gasteiger partial charge on any atom is -0.377 e. The number of hydrogen-bond acceptors (Lipinski definition) is 1. The molecule has 3 heteroatoms. The summed E-state index contributed by atoms with van der Waals surface area (Å²) in [7, 11) is 3.71. The summed E-state index contributed by atoms with van der Waals surface area (Å²) in [4.78, 5) is 4.21. The van der Waals surface area contributed by atoms with Gasteiger partial charge in [-0.2, -0.15) is 0 Å². The molecule has 0 bridgehead atoms. The van der Waals surface area contributed by atoms with E-state index in [0.717, 1.165) is 16.7 Å². The van der Waals surface area contributed by atoms with E-state index in [9.17, 15) is 0 Å². The Morgan fingerprint density at radius 1 is 1.24 bits per heavy atom. The van der Waals surface area contributed by atoms with Crippen molar-refractivity contribution in [3.63, 3.8) is 0 Å². The van der Waals surface area contributed by atoms with Crippen molar-refractivity contribution >= 4 is 32.5 Å². The third-order valence-corrected chi connectivity index (χ3v) is 3.80. The first-order valence-electron chi connectivity index (χ1n) is 5.55. The summed E-state index contributed by atoms with van der Waals surface area (Å²) >= 11 is 3.69. The van der Waals surface area contributed by atoms with Gasteiger partial charge in [-0.25, -0.2) is 0 Å². The van der Waals surface area contributed by atoms with Gasteiger partial charge < -0.3 is 5.32 Å². The highest BCUT2D eigenvalue weighted by atomic mass is 79.9. The van der Waals surface area contributed by atoms with E-state index >= 15 is 0 Å².